The molecule has 2 unspecified atom stereocenters. The van der Waals surface area contributed by atoms with E-state index in [1.807, 2.05) is 0 Å². The molecule has 0 spiro atoms. The largest absolute Gasteiger partial charge is 0.468 e. The summed E-state index contributed by atoms with van der Waals surface area (Å²) in [6.07, 6.45) is 5.05. The Morgan fingerprint density at radius 1 is 1.32 bits per heavy atom. The Kier molecular flexibility index (Phi) is 6.67. The van der Waals surface area contributed by atoms with Gasteiger partial charge in [0.1, 0.15) is 23.6 Å². The van der Waals surface area contributed by atoms with E-state index in [0.29, 0.717) is 29.7 Å². The van der Waals surface area contributed by atoms with Crippen LogP contribution in [-0.4, -0.2) is 59.3 Å². The average Bonchev–Trinajstić information content (AvgIpc) is 3.18. The summed E-state index contributed by atoms with van der Waals surface area (Å²) in [6, 6.07) is 5.19. The monoisotopic (exact) mass is 428 g/mol. The van der Waals surface area contributed by atoms with Gasteiger partial charge in [0.15, 0.2) is 0 Å². The molecule has 1 fully saturated rings. The van der Waals surface area contributed by atoms with E-state index in [1.54, 1.807) is 22.6 Å². The Labute approximate surface area is 183 Å². The number of nitrogens with zero attached hydrogens (tertiary/aromatic N) is 3. The predicted molar refractivity (Wildman–Crippen MR) is 117 cm³/mol. The number of hydrogen-bond donors (Lipinski definition) is 1. The molecule has 168 valence electrons. The van der Waals surface area contributed by atoms with Crippen LogP contribution in [0.4, 0.5) is 0 Å². The number of amides is 2. The number of ether oxygens (including phenoxy) is 1. The first-order valence-corrected chi connectivity index (χ1v) is 10.7. The Bertz CT molecular complexity index is 981. The lowest BCUT2D eigenvalue weighted by Crippen LogP contribution is -2.40. The lowest BCUT2D eigenvalue weighted by atomic mass is 9.64. The van der Waals surface area contributed by atoms with Gasteiger partial charge in [0.05, 0.1) is 7.11 Å². The summed E-state index contributed by atoms with van der Waals surface area (Å²) in [7, 11) is 2.77. The zero-order valence-corrected chi connectivity index (χ0v) is 19.0. The maximum atomic E-state index is 13.0. The second kappa shape index (κ2) is 9.08. The SMILES string of the molecule is COC(=O)CN(C)C(=O)c1cn2c(C(=O)NCC3CCCC(C)(C)C3C)cccc2n1. The Morgan fingerprint density at radius 2 is 2.06 bits per heavy atom. The Balaban J connectivity index is 1.74. The fourth-order valence-electron chi connectivity index (χ4n) is 4.35. The van der Waals surface area contributed by atoms with Crippen molar-refractivity contribution in [2.75, 3.05) is 27.2 Å². The number of fused-ring (bicyclic) bond motifs is 1. The third-order valence-corrected chi connectivity index (χ3v) is 6.75. The van der Waals surface area contributed by atoms with Crippen LogP contribution in [-0.2, 0) is 9.53 Å². The van der Waals surface area contributed by atoms with Crippen molar-refractivity contribution in [1.82, 2.24) is 19.6 Å². The summed E-state index contributed by atoms with van der Waals surface area (Å²) in [5, 5.41) is 3.08. The number of esters is 1. The zero-order valence-electron chi connectivity index (χ0n) is 19.0. The van der Waals surface area contributed by atoms with Crippen LogP contribution in [0.3, 0.4) is 0 Å². The number of methoxy groups -OCH3 is 1. The second-order valence-electron chi connectivity index (χ2n) is 9.14. The molecule has 0 saturated heterocycles. The maximum Gasteiger partial charge on any atom is 0.325 e. The van der Waals surface area contributed by atoms with Gasteiger partial charge in [-0.3, -0.25) is 18.8 Å². The Morgan fingerprint density at radius 3 is 2.77 bits per heavy atom. The van der Waals surface area contributed by atoms with Crippen LogP contribution in [0.2, 0.25) is 0 Å². The van der Waals surface area contributed by atoms with Gasteiger partial charge in [-0.25, -0.2) is 4.98 Å². The van der Waals surface area contributed by atoms with Crippen LogP contribution in [0.25, 0.3) is 5.65 Å². The highest BCUT2D eigenvalue weighted by atomic mass is 16.5. The number of likely N-dealkylation sites (N-methyl/N-ethyl adjacent to an activating group) is 1. The summed E-state index contributed by atoms with van der Waals surface area (Å²) in [4.78, 5) is 42.6. The predicted octanol–water partition coefficient (Wildman–Crippen LogP) is 2.77. The number of carbonyl (C=O) groups excluding carboxylic acids is 3. The molecule has 1 N–H and O–H groups in total. The highest BCUT2D eigenvalue weighted by Crippen LogP contribution is 2.43. The first-order chi connectivity index (χ1) is 14.6. The van der Waals surface area contributed by atoms with Gasteiger partial charge in [0.2, 0.25) is 0 Å². The van der Waals surface area contributed by atoms with Crippen molar-refractivity contribution in [1.29, 1.82) is 0 Å². The molecular formula is C23H32N4O4. The fourth-order valence-corrected chi connectivity index (χ4v) is 4.35. The van der Waals surface area contributed by atoms with Crippen molar-refractivity contribution in [2.45, 2.75) is 40.0 Å². The molecule has 2 amide bonds. The first-order valence-electron chi connectivity index (χ1n) is 10.7. The normalized spacial score (nSPS) is 20.3. The molecule has 0 aromatic carbocycles. The molecule has 2 atom stereocenters. The molecule has 2 aromatic rings. The minimum absolute atomic E-state index is 0.161. The van der Waals surface area contributed by atoms with E-state index in [4.69, 9.17) is 0 Å². The molecule has 3 rings (SSSR count). The van der Waals surface area contributed by atoms with Gasteiger partial charge in [0, 0.05) is 19.8 Å². The van der Waals surface area contributed by atoms with Crippen molar-refractivity contribution in [2.24, 2.45) is 17.3 Å². The molecule has 31 heavy (non-hydrogen) atoms. The van der Waals surface area contributed by atoms with Crippen molar-refractivity contribution in [3.63, 3.8) is 0 Å². The molecule has 1 saturated carbocycles. The quantitative estimate of drug-likeness (QED) is 0.714. The lowest BCUT2D eigenvalue weighted by Gasteiger charge is -2.42. The van der Waals surface area contributed by atoms with Crippen LogP contribution in [0.1, 0.15) is 61.0 Å². The Hall–Kier alpha value is -2.90. The number of carbonyl (C=O) groups is 3. The summed E-state index contributed by atoms with van der Waals surface area (Å²) in [5.41, 5.74) is 1.36. The van der Waals surface area contributed by atoms with Gasteiger partial charge in [-0.05, 0) is 42.2 Å². The van der Waals surface area contributed by atoms with Crippen molar-refractivity contribution < 1.29 is 19.1 Å². The minimum Gasteiger partial charge on any atom is -0.468 e. The second-order valence-corrected chi connectivity index (χ2v) is 9.14. The van der Waals surface area contributed by atoms with E-state index in [0.717, 1.165) is 6.42 Å². The van der Waals surface area contributed by atoms with Crippen LogP contribution in [0, 0.1) is 17.3 Å². The van der Waals surface area contributed by atoms with Crippen molar-refractivity contribution in [3.8, 4) is 0 Å². The van der Waals surface area contributed by atoms with Crippen LogP contribution in [0.5, 0.6) is 0 Å². The van der Waals surface area contributed by atoms with Crippen molar-refractivity contribution in [3.05, 3.63) is 35.8 Å². The number of hydrogen-bond acceptors (Lipinski definition) is 5. The smallest absolute Gasteiger partial charge is 0.325 e. The molecule has 2 aromatic heterocycles. The highest BCUT2D eigenvalue weighted by molar-refractivity contribution is 5.96. The number of rotatable bonds is 6. The molecule has 1 aliphatic rings. The van der Waals surface area contributed by atoms with Gasteiger partial charge in [-0.1, -0.05) is 33.3 Å². The summed E-state index contributed by atoms with van der Waals surface area (Å²) >= 11 is 0. The van der Waals surface area contributed by atoms with Gasteiger partial charge in [0.25, 0.3) is 11.8 Å². The zero-order chi connectivity index (χ0) is 22.8. The van der Waals surface area contributed by atoms with Gasteiger partial charge >= 0.3 is 5.97 Å². The molecule has 0 bridgehead atoms. The standard InChI is InChI=1S/C23H32N4O4/c1-15-16(8-7-11-23(15,2)3)12-24-21(29)18-9-6-10-19-25-17(13-27(18)19)22(30)26(4)14-20(28)31-5/h6,9-10,13,15-16H,7-8,11-12,14H2,1-5H3,(H,24,29). The van der Waals surface area contributed by atoms with E-state index >= 15 is 0 Å². The molecule has 8 nitrogen and oxygen atoms in total. The van der Waals surface area contributed by atoms with Crippen molar-refractivity contribution >= 4 is 23.4 Å². The third-order valence-electron chi connectivity index (χ3n) is 6.75. The van der Waals surface area contributed by atoms with Gasteiger partial charge < -0.3 is 15.0 Å². The lowest BCUT2D eigenvalue weighted by molar-refractivity contribution is -0.141. The van der Waals surface area contributed by atoms with Crippen LogP contribution >= 0.6 is 0 Å². The molecule has 8 heteroatoms. The molecule has 2 heterocycles. The van der Waals surface area contributed by atoms with E-state index in [9.17, 15) is 14.4 Å². The summed E-state index contributed by atoms with van der Waals surface area (Å²) in [6.45, 7) is 7.32. The summed E-state index contributed by atoms with van der Waals surface area (Å²) in [5.74, 6) is -0.155. The average molecular weight is 429 g/mol. The van der Waals surface area contributed by atoms with E-state index in [-0.39, 0.29) is 23.6 Å². The molecular weight excluding hydrogens is 396 g/mol. The third kappa shape index (κ3) is 4.89. The van der Waals surface area contributed by atoms with Gasteiger partial charge in [-0.15, -0.1) is 0 Å². The number of aromatic nitrogens is 2. The van der Waals surface area contributed by atoms with E-state index in [1.165, 1.54) is 38.1 Å². The molecule has 0 aliphatic heterocycles. The van der Waals surface area contributed by atoms with E-state index < -0.39 is 11.9 Å². The van der Waals surface area contributed by atoms with E-state index in [2.05, 4.69) is 35.8 Å². The van der Waals surface area contributed by atoms with Crippen LogP contribution < -0.4 is 5.32 Å². The summed E-state index contributed by atoms with van der Waals surface area (Å²) < 4.78 is 6.22. The molecule has 0 radical (unpaired) electrons. The molecule has 1 aliphatic carbocycles. The fraction of sp³-hybridized carbons (Fsp3) is 0.565. The topological polar surface area (TPSA) is 93.0 Å². The minimum atomic E-state index is -0.514. The highest BCUT2D eigenvalue weighted by Gasteiger charge is 2.35. The van der Waals surface area contributed by atoms with Crippen LogP contribution in [0.15, 0.2) is 24.4 Å². The first kappa shape index (κ1) is 22.8. The number of pyridine rings is 1. The number of imidazole rings is 1. The maximum absolute atomic E-state index is 13.0. The number of nitrogens with one attached hydrogen (secondary N) is 1. The van der Waals surface area contributed by atoms with Gasteiger partial charge in [-0.2, -0.15) is 0 Å².